The third kappa shape index (κ3) is 3.34. The van der Waals surface area contributed by atoms with Gasteiger partial charge < -0.3 is 9.47 Å². The molecule has 0 N–H and O–H groups in total. The van der Waals surface area contributed by atoms with Gasteiger partial charge in [0.25, 0.3) is 0 Å². The molecule has 188 valence electrons. The predicted octanol–water partition coefficient (Wildman–Crippen LogP) is 5.00. The molecule has 4 atom stereocenters. The second-order valence-corrected chi connectivity index (χ2v) is 13.3. The molecule has 3 aliphatic rings. The van der Waals surface area contributed by atoms with Crippen LogP contribution in [0.25, 0.3) is 0 Å². The average molecular weight is 490 g/mol. The summed E-state index contributed by atoms with van der Waals surface area (Å²) in [6, 6.07) is 9.02. The molecular formula is C27H39NO5S. The van der Waals surface area contributed by atoms with Crippen LogP contribution in [-0.4, -0.2) is 42.3 Å². The molecule has 3 fully saturated rings. The molecule has 0 amide bonds. The van der Waals surface area contributed by atoms with E-state index in [1.54, 1.807) is 10.4 Å². The lowest BCUT2D eigenvalue weighted by Crippen LogP contribution is -2.57. The van der Waals surface area contributed by atoms with Crippen LogP contribution in [0.15, 0.2) is 43.0 Å². The number of benzene rings is 1. The Balaban J connectivity index is 1.84. The number of rotatable bonds is 8. The van der Waals surface area contributed by atoms with Crippen molar-refractivity contribution in [1.82, 2.24) is 4.31 Å². The monoisotopic (exact) mass is 489 g/mol. The molecule has 3 unspecified atom stereocenters. The van der Waals surface area contributed by atoms with Gasteiger partial charge in [0.1, 0.15) is 0 Å². The van der Waals surface area contributed by atoms with Gasteiger partial charge in [0, 0.05) is 24.9 Å². The first-order chi connectivity index (χ1) is 15.8. The van der Waals surface area contributed by atoms with E-state index >= 15 is 0 Å². The maximum absolute atomic E-state index is 13.9. The molecular weight excluding hydrogens is 450 g/mol. The Morgan fingerprint density at radius 2 is 1.76 bits per heavy atom. The first-order valence-corrected chi connectivity index (χ1v) is 14.0. The van der Waals surface area contributed by atoms with E-state index in [0.717, 1.165) is 6.42 Å². The maximum atomic E-state index is 13.9. The molecule has 1 saturated heterocycles. The van der Waals surface area contributed by atoms with E-state index in [9.17, 15) is 13.2 Å². The van der Waals surface area contributed by atoms with Crippen molar-refractivity contribution in [2.45, 2.75) is 90.7 Å². The number of hydrogen-bond donors (Lipinski definition) is 0. The summed E-state index contributed by atoms with van der Waals surface area (Å²) in [5, 5.41) is 0. The minimum atomic E-state index is -3.67. The standard InChI is InChI=1S/C27H39NO5S/c1-8-15-26(21-12-10-9-11-13-21)23(29)32-27(33-26)17-22-14-16-25(27,24(22,6)7)18-34(30,31)28(19(2)3)20(4)5/h8-13,19-20,22H,1,14-18H2,2-7H3/t22?,25?,26-,27?/m1/s1. The van der Waals surface area contributed by atoms with Crippen molar-refractivity contribution in [3.63, 3.8) is 0 Å². The number of nitrogens with zero attached hydrogens (tertiary/aromatic N) is 1. The summed E-state index contributed by atoms with van der Waals surface area (Å²) in [7, 11) is -3.67. The first kappa shape index (κ1) is 25.4. The lowest BCUT2D eigenvalue weighted by atomic mass is 9.68. The van der Waals surface area contributed by atoms with Crippen LogP contribution in [0, 0.1) is 16.7 Å². The van der Waals surface area contributed by atoms with Crippen LogP contribution in [0.3, 0.4) is 0 Å². The lowest BCUT2D eigenvalue weighted by molar-refractivity contribution is -0.257. The van der Waals surface area contributed by atoms with Crippen molar-refractivity contribution in [3.05, 3.63) is 48.6 Å². The van der Waals surface area contributed by atoms with Gasteiger partial charge in [-0.1, -0.05) is 50.3 Å². The smallest absolute Gasteiger partial charge is 0.346 e. The largest absolute Gasteiger partial charge is 0.430 e. The van der Waals surface area contributed by atoms with E-state index in [1.807, 2.05) is 58.0 Å². The van der Waals surface area contributed by atoms with Crippen LogP contribution >= 0.6 is 0 Å². The van der Waals surface area contributed by atoms with Gasteiger partial charge in [0.15, 0.2) is 5.60 Å². The van der Waals surface area contributed by atoms with Gasteiger partial charge in [-0.25, -0.2) is 13.2 Å². The average Bonchev–Trinajstić information content (AvgIpc) is 3.20. The molecule has 1 aliphatic heterocycles. The van der Waals surface area contributed by atoms with Crippen LogP contribution in [0.2, 0.25) is 0 Å². The first-order valence-electron chi connectivity index (χ1n) is 12.4. The third-order valence-electron chi connectivity index (χ3n) is 8.78. The van der Waals surface area contributed by atoms with Crippen LogP contribution in [0.4, 0.5) is 0 Å². The van der Waals surface area contributed by atoms with E-state index in [4.69, 9.17) is 9.47 Å². The highest BCUT2D eigenvalue weighted by atomic mass is 32.2. The van der Waals surface area contributed by atoms with Gasteiger partial charge in [-0.3, -0.25) is 0 Å². The number of esters is 1. The molecule has 2 saturated carbocycles. The molecule has 0 aromatic heterocycles. The van der Waals surface area contributed by atoms with E-state index in [2.05, 4.69) is 20.4 Å². The second kappa shape index (κ2) is 8.17. The minimum Gasteiger partial charge on any atom is -0.430 e. The van der Waals surface area contributed by atoms with Crippen LogP contribution in [0.1, 0.15) is 72.8 Å². The Bertz CT molecular complexity index is 1060. The molecule has 2 aliphatic carbocycles. The van der Waals surface area contributed by atoms with E-state index in [1.165, 1.54) is 0 Å². The normalized spacial score (nSPS) is 34.5. The highest BCUT2D eigenvalue weighted by Gasteiger charge is 2.79. The predicted molar refractivity (Wildman–Crippen MR) is 132 cm³/mol. The molecule has 34 heavy (non-hydrogen) atoms. The summed E-state index contributed by atoms with van der Waals surface area (Å²) < 4.78 is 42.5. The molecule has 1 aromatic rings. The fraction of sp³-hybridized carbons (Fsp3) is 0.667. The molecule has 6 nitrogen and oxygen atoms in total. The molecule has 1 spiro atoms. The summed E-state index contributed by atoms with van der Waals surface area (Å²) >= 11 is 0. The van der Waals surface area contributed by atoms with E-state index in [0.29, 0.717) is 18.4 Å². The van der Waals surface area contributed by atoms with Crippen molar-refractivity contribution < 1.29 is 22.7 Å². The zero-order valence-electron chi connectivity index (χ0n) is 21.3. The van der Waals surface area contributed by atoms with Crippen LogP contribution in [0.5, 0.6) is 0 Å². The molecule has 1 heterocycles. The Morgan fingerprint density at radius 1 is 1.15 bits per heavy atom. The number of carbonyl (C=O) groups excluding carboxylic acids is 1. The van der Waals surface area contributed by atoms with Crippen molar-refractivity contribution in [2.24, 2.45) is 16.7 Å². The fourth-order valence-corrected chi connectivity index (χ4v) is 10.0. The minimum absolute atomic E-state index is 0.105. The quantitative estimate of drug-likeness (QED) is 0.379. The lowest BCUT2D eigenvalue weighted by Gasteiger charge is -2.47. The molecule has 1 aromatic carbocycles. The summed E-state index contributed by atoms with van der Waals surface area (Å²) in [6.07, 6.45) is 3.98. The number of hydrogen-bond acceptors (Lipinski definition) is 5. The summed E-state index contributed by atoms with van der Waals surface area (Å²) in [4.78, 5) is 13.6. The van der Waals surface area contributed by atoms with Gasteiger partial charge in [-0.2, -0.15) is 4.31 Å². The number of fused-ring (bicyclic) bond motifs is 3. The van der Waals surface area contributed by atoms with Crippen LogP contribution in [-0.2, 0) is 29.9 Å². The highest BCUT2D eigenvalue weighted by molar-refractivity contribution is 7.89. The van der Waals surface area contributed by atoms with Gasteiger partial charge in [0.05, 0.1) is 11.2 Å². The number of carbonyl (C=O) groups is 1. The zero-order valence-corrected chi connectivity index (χ0v) is 22.2. The maximum Gasteiger partial charge on any atom is 0.346 e. The summed E-state index contributed by atoms with van der Waals surface area (Å²) in [5.74, 6) is -1.64. The topological polar surface area (TPSA) is 72.9 Å². The van der Waals surface area contributed by atoms with Crippen molar-refractivity contribution in [1.29, 1.82) is 0 Å². The van der Waals surface area contributed by atoms with E-state index < -0.39 is 32.8 Å². The number of sulfonamides is 1. The second-order valence-electron chi connectivity index (χ2n) is 11.4. The Hall–Kier alpha value is -1.70. The molecule has 2 bridgehead atoms. The van der Waals surface area contributed by atoms with Crippen molar-refractivity contribution in [2.75, 3.05) is 5.75 Å². The number of ether oxygens (including phenoxy) is 2. The fourth-order valence-electron chi connectivity index (χ4n) is 7.23. The van der Waals surface area contributed by atoms with Gasteiger partial charge in [-0.15, -0.1) is 6.58 Å². The summed E-state index contributed by atoms with van der Waals surface area (Å²) in [6.45, 7) is 15.7. The Kier molecular flexibility index (Phi) is 6.10. The van der Waals surface area contributed by atoms with Gasteiger partial charge in [0.2, 0.25) is 15.8 Å². The molecule has 4 rings (SSSR count). The SMILES string of the molecule is C=CC[C@]1(c2ccccc2)OC2(CC3CCC2(CS(=O)(=O)N(C(C)C)C(C)C)C3(C)C)OC1=O. The summed E-state index contributed by atoms with van der Waals surface area (Å²) in [5.41, 5.74) is -1.84. The molecule has 7 heteroatoms. The van der Waals surface area contributed by atoms with Crippen LogP contribution < -0.4 is 0 Å². The van der Waals surface area contributed by atoms with Crippen molar-refractivity contribution in [3.8, 4) is 0 Å². The third-order valence-corrected chi connectivity index (χ3v) is 11.1. The van der Waals surface area contributed by atoms with Crippen molar-refractivity contribution >= 4 is 16.0 Å². The Labute approximate surface area is 204 Å². The highest BCUT2D eigenvalue weighted by Crippen LogP contribution is 2.74. The zero-order chi connectivity index (χ0) is 25.2. The Morgan fingerprint density at radius 3 is 2.29 bits per heavy atom. The van der Waals surface area contributed by atoms with E-state index in [-0.39, 0.29) is 35.6 Å². The van der Waals surface area contributed by atoms with Gasteiger partial charge >= 0.3 is 5.97 Å². The molecule has 0 radical (unpaired) electrons. The van der Waals surface area contributed by atoms with Gasteiger partial charge in [-0.05, 0) is 57.4 Å².